The van der Waals surface area contributed by atoms with Crippen LogP contribution in [0.2, 0.25) is 0 Å². The molecule has 0 atom stereocenters. The van der Waals surface area contributed by atoms with Crippen LogP contribution in [0.3, 0.4) is 0 Å². The molecule has 0 saturated carbocycles. The predicted octanol–water partition coefficient (Wildman–Crippen LogP) is 3.13. The summed E-state index contributed by atoms with van der Waals surface area (Å²) in [5.74, 6) is 0.0438. The van der Waals surface area contributed by atoms with E-state index in [1.807, 2.05) is 0 Å². The normalized spacial score (nSPS) is 16.0. The van der Waals surface area contributed by atoms with E-state index in [1.54, 1.807) is 4.90 Å². The number of hydrogen-bond acceptors (Lipinski definition) is 3. The second-order valence-corrected chi connectivity index (χ2v) is 5.36. The molecule has 21 heavy (non-hydrogen) atoms. The number of nitrogens with zero attached hydrogens (tertiary/aromatic N) is 2. The summed E-state index contributed by atoms with van der Waals surface area (Å²) >= 11 is 0. The van der Waals surface area contributed by atoms with Crippen LogP contribution < -0.4 is 4.74 Å². The second kappa shape index (κ2) is 7.98. The van der Waals surface area contributed by atoms with Crippen molar-refractivity contribution >= 4 is 6.09 Å². The number of unbranched alkanes of at least 4 members (excludes halogenated alkanes) is 2. The SMILES string of the molecule is CCCCCN1CCN(C(=O)Oc2ccc(F)cc2)CC1. The van der Waals surface area contributed by atoms with Crippen molar-refractivity contribution in [3.63, 3.8) is 0 Å². The standard InChI is InChI=1S/C16H23FN2O2/c1-2-3-4-9-18-10-12-19(13-11-18)16(20)21-15-7-5-14(17)6-8-15/h5-8H,2-4,9-13H2,1H3. The summed E-state index contributed by atoms with van der Waals surface area (Å²) < 4.78 is 18.0. The molecule has 5 heteroatoms. The molecule has 0 aromatic heterocycles. The molecule has 1 aromatic carbocycles. The van der Waals surface area contributed by atoms with Crippen LogP contribution in [0.25, 0.3) is 0 Å². The Labute approximate surface area is 125 Å². The van der Waals surface area contributed by atoms with E-state index in [-0.39, 0.29) is 11.9 Å². The minimum Gasteiger partial charge on any atom is -0.410 e. The van der Waals surface area contributed by atoms with Crippen molar-refractivity contribution in [1.29, 1.82) is 0 Å². The van der Waals surface area contributed by atoms with Crippen LogP contribution in [0.15, 0.2) is 24.3 Å². The first-order valence-corrected chi connectivity index (χ1v) is 7.63. The Balaban J connectivity index is 1.74. The first-order valence-electron chi connectivity index (χ1n) is 7.63. The lowest BCUT2D eigenvalue weighted by Crippen LogP contribution is -2.49. The van der Waals surface area contributed by atoms with Crippen molar-refractivity contribution in [3.8, 4) is 5.75 Å². The van der Waals surface area contributed by atoms with Gasteiger partial charge in [-0.25, -0.2) is 9.18 Å². The van der Waals surface area contributed by atoms with Gasteiger partial charge < -0.3 is 9.64 Å². The fourth-order valence-electron chi connectivity index (χ4n) is 2.41. The molecule has 2 rings (SSSR count). The molecule has 0 N–H and O–H groups in total. The molecule has 0 spiro atoms. The first kappa shape index (κ1) is 15.8. The van der Waals surface area contributed by atoms with Crippen LogP contribution >= 0.6 is 0 Å². The third-order valence-electron chi connectivity index (χ3n) is 3.73. The van der Waals surface area contributed by atoms with Gasteiger partial charge in [-0.1, -0.05) is 19.8 Å². The highest BCUT2D eigenvalue weighted by molar-refractivity contribution is 5.70. The van der Waals surface area contributed by atoms with E-state index >= 15 is 0 Å². The topological polar surface area (TPSA) is 32.8 Å². The summed E-state index contributed by atoms with van der Waals surface area (Å²) in [6, 6.07) is 5.50. The van der Waals surface area contributed by atoms with Gasteiger partial charge in [-0.15, -0.1) is 0 Å². The maximum absolute atomic E-state index is 12.8. The fraction of sp³-hybridized carbons (Fsp3) is 0.562. The zero-order valence-electron chi connectivity index (χ0n) is 12.6. The van der Waals surface area contributed by atoms with Crippen LogP contribution in [0.1, 0.15) is 26.2 Å². The highest BCUT2D eigenvalue weighted by Crippen LogP contribution is 2.13. The quantitative estimate of drug-likeness (QED) is 0.782. The maximum atomic E-state index is 12.8. The minimum atomic E-state index is -0.352. The van der Waals surface area contributed by atoms with Crippen molar-refractivity contribution in [3.05, 3.63) is 30.1 Å². The molecule has 1 aliphatic rings. The Bertz CT molecular complexity index is 442. The maximum Gasteiger partial charge on any atom is 0.415 e. The third-order valence-corrected chi connectivity index (χ3v) is 3.73. The van der Waals surface area contributed by atoms with E-state index in [2.05, 4.69) is 11.8 Å². The zero-order valence-corrected chi connectivity index (χ0v) is 12.6. The summed E-state index contributed by atoms with van der Waals surface area (Å²) in [6.45, 7) is 6.46. The molecule has 116 valence electrons. The molecule has 4 nitrogen and oxygen atoms in total. The number of hydrogen-bond donors (Lipinski definition) is 0. The Morgan fingerprint density at radius 2 is 1.81 bits per heavy atom. The van der Waals surface area contributed by atoms with Gasteiger partial charge in [0.05, 0.1) is 0 Å². The van der Waals surface area contributed by atoms with Crippen molar-refractivity contribution in [2.75, 3.05) is 32.7 Å². The minimum absolute atomic E-state index is 0.338. The number of carbonyl (C=O) groups excluding carboxylic acids is 1. The van der Waals surface area contributed by atoms with Gasteiger partial charge >= 0.3 is 6.09 Å². The van der Waals surface area contributed by atoms with Crippen LogP contribution in [-0.2, 0) is 0 Å². The van der Waals surface area contributed by atoms with E-state index < -0.39 is 0 Å². The molecule has 1 aliphatic heterocycles. The Morgan fingerprint density at radius 3 is 2.43 bits per heavy atom. The highest BCUT2D eigenvalue weighted by atomic mass is 19.1. The monoisotopic (exact) mass is 294 g/mol. The number of ether oxygens (including phenoxy) is 1. The molecule has 1 heterocycles. The van der Waals surface area contributed by atoms with Crippen molar-refractivity contribution in [2.45, 2.75) is 26.2 Å². The summed E-state index contributed by atoms with van der Waals surface area (Å²) in [4.78, 5) is 16.1. The molecule has 1 fully saturated rings. The summed E-state index contributed by atoms with van der Waals surface area (Å²) in [6.07, 6.45) is 3.35. The fourth-order valence-corrected chi connectivity index (χ4v) is 2.41. The number of carbonyl (C=O) groups is 1. The van der Waals surface area contributed by atoms with Gasteiger partial charge in [-0.3, -0.25) is 4.90 Å². The van der Waals surface area contributed by atoms with Crippen molar-refractivity contribution < 1.29 is 13.9 Å². The molecular weight excluding hydrogens is 271 g/mol. The van der Waals surface area contributed by atoms with Crippen LogP contribution in [0, 0.1) is 5.82 Å². The third kappa shape index (κ3) is 5.01. The largest absolute Gasteiger partial charge is 0.415 e. The van der Waals surface area contributed by atoms with Crippen molar-refractivity contribution in [1.82, 2.24) is 9.80 Å². The molecule has 0 radical (unpaired) electrons. The van der Waals surface area contributed by atoms with E-state index in [1.165, 1.54) is 43.5 Å². The van der Waals surface area contributed by atoms with Crippen molar-refractivity contribution in [2.24, 2.45) is 0 Å². The summed E-state index contributed by atoms with van der Waals surface area (Å²) in [7, 11) is 0. The number of piperazine rings is 1. The molecule has 1 aromatic rings. The van der Waals surface area contributed by atoms with Crippen LogP contribution in [0.5, 0.6) is 5.75 Å². The van der Waals surface area contributed by atoms with E-state index in [0.29, 0.717) is 18.8 Å². The summed E-state index contributed by atoms with van der Waals surface area (Å²) in [5.41, 5.74) is 0. The molecule has 1 amide bonds. The van der Waals surface area contributed by atoms with E-state index in [0.717, 1.165) is 19.6 Å². The molecule has 0 bridgehead atoms. The van der Waals surface area contributed by atoms with Gasteiger partial charge in [-0.2, -0.15) is 0 Å². The van der Waals surface area contributed by atoms with Gasteiger partial charge in [0.15, 0.2) is 0 Å². The Hall–Kier alpha value is -1.62. The van der Waals surface area contributed by atoms with Gasteiger partial charge in [-0.05, 0) is 37.2 Å². The number of halogens is 1. The van der Waals surface area contributed by atoms with Gasteiger partial charge in [0, 0.05) is 26.2 Å². The van der Waals surface area contributed by atoms with Gasteiger partial charge in [0.1, 0.15) is 11.6 Å². The summed E-state index contributed by atoms with van der Waals surface area (Å²) in [5, 5.41) is 0. The Morgan fingerprint density at radius 1 is 1.14 bits per heavy atom. The lowest BCUT2D eigenvalue weighted by atomic mass is 10.2. The molecule has 0 unspecified atom stereocenters. The van der Waals surface area contributed by atoms with E-state index in [9.17, 15) is 9.18 Å². The predicted molar refractivity (Wildman–Crippen MR) is 80.0 cm³/mol. The average molecular weight is 294 g/mol. The number of benzene rings is 1. The second-order valence-electron chi connectivity index (χ2n) is 5.36. The van der Waals surface area contributed by atoms with Crippen LogP contribution in [0.4, 0.5) is 9.18 Å². The zero-order chi connectivity index (χ0) is 15.1. The van der Waals surface area contributed by atoms with Gasteiger partial charge in [0.2, 0.25) is 0 Å². The molecular formula is C16H23FN2O2. The number of amides is 1. The molecule has 1 saturated heterocycles. The van der Waals surface area contributed by atoms with Gasteiger partial charge in [0.25, 0.3) is 0 Å². The lowest BCUT2D eigenvalue weighted by Gasteiger charge is -2.34. The lowest BCUT2D eigenvalue weighted by molar-refractivity contribution is 0.110. The number of rotatable bonds is 5. The smallest absolute Gasteiger partial charge is 0.410 e. The highest BCUT2D eigenvalue weighted by Gasteiger charge is 2.22. The first-order chi connectivity index (χ1) is 10.2. The molecule has 0 aliphatic carbocycles. The average Bonchev–Trinajstić information content (AvgIpc) is 2.50. The van der Waals surface area contributed by atoms with E-state index in [4.69, 9.17) is 4.74 Å². The Kier molecular flexibility index (Phi) is 5.99. The van der Waals surface area contributed by atoms with Crippen LogP contribution in [-0.4, -0.2) is 48.6 Å².